The molecule has 2 aromatic rings. The van der Waals surface area contributed by atoms with Crippen LogP contribution in [0.2, 0.25) is 0 Å². The van der Waals surface area contributed by atoms with Gasteiger partial charge in [-0.3, -0.25) is 4.90 Å². The van der Waals surface area contributed by atoms with E-state index in [0.29, 0.717) is 0 Å². The van der Waals surface area contributed by atoms with Crippen LogP contribution in [0, 0.1) is 0 Å². The zero-order chi connectivity index (χ0) is 16.8. The van der Waals surface area contributed by atoms with Crippen LogP contribution in [0.5, 0.6) is 0 Å². The summed E-state index contributed by atoms with van der Waals surface area (Å²) in [4.78, 5) is 28.9. The Labute approximate surface area is 167 Å². The van der Waals surface area contributed by atoms with Crippen LogP contribution in [0.25, 0.3) is 11.0 Å². The monoisotopic (exact) mass is 440 g/mol. The van der Waals surface area contributed by atoms with Gasteiger partial charge in [0.25, 0.3) is 0 Å². The van der Waals surface area contributed by atoms with Crippen LogP contribution in [0.1, 0.15) is 20.8 Å². The number of hydrogen-bond donors (Lipinski definition) is 1. The van der Waals surface area contributed by atoms with Crippen molar-refractivity contribution in [2.45, 2.75) is 26.3 Å². The van der Waals surface area contributed by atoms with E-state index in [4.69, 9.17) is 0 Å². The van der Waals surface area contributed by atoms with E-state index >= 15 is 0 Å². The normalized spacial score (nSPS) is 9.04. The Bertz CT molecular complexity index is 599. The maximum atomic E-state index is 10.3. The molecule has 0 aliphatic heterocycles. The van der Waals surface area contributed by atoms with Crippen LogP contribution in [0.15, 0.2) is 30.6 Å². The summed E-state index contributed by atoms with van der Waals surface area (Å²) >= 11 is 0. The molecule has 0 saturated carbocycles. The number of rotatable bonds is 4. The molecule has 0 fully saturated rings. The molecule has 2 rings (SSSR count). The molecule has 0 aromatic carbocycles. The molecule has 9 N–H and O–H groups in total. The van der Waals surface area contributed by atoms with Crippen molar-refractivity contribution >= 4 is 23.0 Å². The van der Waals surface area contributed by atoms with Crippen LogP contribution in [0.3, 0.4) is 0 Å². The van der Waals surface area contributed by atoms with Gasteiger partial charge in [0.15, 0.2) is 0 Å². The van der Waals surface area contributed by atoms with Gasteiger partial charge in [0.05, 0.1) is 11.9 Å². The largest absolute Gasteiger partial charge is 2.00 e. The third kappa shape index (κ3) is 13.8. The van der Waals surface area contributed by atoms with Crippen molar-refractivity contribution in [3.63, 3.8) is 0 Å². The number of H-pyrrole nitrogens is 1. The summed E-state index contributed by atoms with van der Waals surface area (Å²) in [6.45, 7) is 4.35. The molecule has 2 aromatic heterocycles. The summed E-state index contributed by atoms with van der Waals surface area (Å²) in [6, 6.07) is 5.96. The fourth-order valence-electron chi connectivity index (χ4n) is 1.73. The van der Waals surface area contributed by atoms with Gasteiger partial charge < -0.3 is 46.7 Å². The Morgan fingerprint density at radius 3 is 1.89 bits per heavy atom. The first kappa shape index (κ1) is 36.0. The van der Waals surface area contributed by atoms with Crippen molar-refractivity contribution in [2.75, 3.05) is 13.1 Å². The second-order valence-corrected chi connectivity index (χ2v) is 5.69. The zero-order valence-corrected chi connectivity index (χ0v) is 16.1. The number of aromatic nitrogens is 2. The van der Waals surface area contributed by atoms with Crippen LogP contribution in [0.4, 0.5) is 0 Å². The number of carboxylic acid groups (broad SMARTS) is 2. The second-order valence-electron chi connectivity index (χ2n) is 5.69. The van der Waals surface area contributed by atoms with Crippen molar-refractivity contribution in [1.29, 1.82) is 0 Å². The van der Waals surface area contributed by atoms with E-state index in [-0.39, 0.29) is 39.0 Å². The zero-order valence-electron chi connectivity index (χ0n) is 15.1. The standard InChI is InChI=1S/C8H15NO4.C7H6N2.Cu.4H2O/c1-8(2,3)9(4-6(10)11)5-7(12)13;1-2-6-3-5-9-7(6)8-4-1;;;;;/h4-5H2,1-3H3,(H,10,11)(H,12,13);1-5H,(H,8,9);;4*1H2/q;;+2;;;;/p-2. The number of carboxylic acids is 2. The summed E-state index contributed by atoms with van der Waals surface area (Å²) in [5.41, 5.74) is 0.428. The number of aromatic amines is 1. The molecule has 0 aliphatic rings. The van der Waals surface area contributed by atoms with Gasteiger partial charge in [-0.1, -0.05) is 0 Å². The van der Waals surface area contributed by atoms with E-state index in [1.165, 1.54) is 4.90 Å². The fourth-order valence-corrected chi connectivity index (χ4v) is 1.73. The Morgan fingerprint density at radius 2 is 1.52 bits per heavy atom. The molecule has 11 nitrogen and oxygen atoms in total. The number of nitrogens with one attached hydrogen (secondary N) is 1. The molecule has 2 heterocycles. The number of nitrogens with zero attached hydrogens (tertiary/aromatic N) is 2. The Hall–Kier alpha value is -2.05. The molecule has 161 valence electrons. The van der Waals surface area contributed by atoms with Crippen LogP contribution in [-0.2, 0) is 26.7 Å². The fraction of sp³-hybridized carbons (Fsp3) is 0.400. The van der Waals surface area contributed by atoms with E-state index in [1.807, 2.05) is 24.4 Å². The van der Waals surface area contributed by atoms with E-state index in [2.05, 4.69) is 9.97 Å². The predicted molar refractivity (Wildman–Crippen MR) is 91.9 cm³/mol. The molecule has 0 amide bonds. The molecule has 0 bridgehead atoms. The van der Waals surface area contributed by atoms with E-state index in [9.17, 15) is 19.8 Å². The molecular formula is C15H27CuN3O8. The Balaban J connectivity index is -0.000000104. The summed E-state index contributed by atoms with van der Waals surface area (Å²) in [7, 11) is 0. The first-order valence-electron chi connectivity index (χ1n) is 6.73. The quantitative estimate of drug-likeness (QED) is 0.462. The maximum Gasteiger partial charge on any atom is 2.00 e. The minimum Gasteiger partial charge on any atom is -0.549 e. The SMILES string of the molecule is CC(C)(C)N(CC(=O)[O-])CC(=O)[O-].O.O.O.O.[Cu+2].c1cnc2[nH]ccc2c1. The van der Waals surface area contributed by atoms with Gasteiger partial charge in [-0.2, -0.15) is 0 Å². The number of carbonyl (C=O) groups is 2. The Kier molecular flexibility index (Phi) is 21.5. The molecule has 0 unspecified atom stereocenters. The molecule has 0 atom stereocenters. The van der Waals surface area contributed by atoms with Crippen LogP contribution < -0.4 is 10.2 Å². The molecule has 0 spiro atoms. The first-order chi connectivity index (χ1) is 10.2. The maximum absolute atomic E-state index is 10.3. The van der Waals surface area contributed by atoms with Crippen molar-refractivity contribution in [1.82, 2.24) is 14.9 Å². The van der Waals surface area contributed by atoms with Crippen molar-refractivity contribution in [2.24, 2.45) is 0 Å². The van der Waals surface area contributed by atoms with Gasteiger partial charge >= 0.3 is 17.1 Å². The third-order valence-electron chi connectivity index (χ3n) is 2.91. The molecule has 1 radical (unpaired) electrons. The third-order valence-corrected chi connectivity index (χ3v) is 2.91. The van der Waals surface area contributed by atoms with Crippen LogP contribution >= 0.6 is 0 Å². The molecule has 27 heavy (non-hydrogen) atoms. The molecule has 0 saturated heterocycles. The van der Waals surface area contributed by atoms with E-state index < -0.39 is 30.6 Å². The van der Waals surface area contributed by atoms with Crippen LogP contribution in [-0.4, -0.2) is 67.3 Å². The number of hydrogen-bond acceptors (Lipinski definition) is 6. The van der Waals surface area contributed by atoms with Gasteiger partial charge in [-0.05, 0) is 39.0 Å². The van der Waals surface area contributed by atoms with Crippen molar-refractivity contribution < 1.29 is 58.8 Å². The van der Waals surface area contributed by atoms with Gasteiger partial charge in [0.2, 0.25) is 0 Å². The number of aliphatic carboxylic acids is 2. The smallest absolute Gasteiger partial charge is 0.549 e. The molecule has 12 heteroatoms. The summed E-state index contributed by atoms with van der Waals surface area (Å²) in [6.07, 6.45) is 3.66. The first-order valence-corrected chi connectivity index (χ1v) is 6.73. The number of fused-ring (bicyclic) bond motifs is 1. The minimum absolute atomic E-state index is 0. The van der Waals surface area contributed by atoms with Crippen molar-refractivity contribution in [3.8, 4) is 0 Å². The summed E-state index contributed by atoms with van der Waals surface area (Å²) in [5.74, 6) is -2.59. The van der Waals surface area contributed by atoms with E-state index in [1.54, 1.807) is 27.0 Å². The Morgan fingerprint density at radius 1 is 1.04 bits per heavy atom. The summed E-state index contributed by atoms with van der Waals surface area (Å²) in [5, 5.41) is 21.7. The number of carbonyl (C=O) groups excluding carboxylic acids is 2. The topological polar surface area (TPSA) is 238 Å². The number of pyridine rings is 1. The average Bonchev–Trinajstić information content (AvgIpc) is 2.84. The second kappa shape index (κ2) is 16.1. The van der Waals surface area contributed by atoms with Gasteiger partial charge in [0.1, 0.15) is 5.65 Å². The van der Waals surface area contributed by atoms with Gasteiger partial charge in [0, 0.05) is 36.4 Å². The average molecular weight is 441 g/mol. The summed E-state index contributed by atoms with van der Waals surface area (Å²) < 4.78 is 0. The van der Waals surface area contributed by atoms with Crippen molar-refractivity contribution in [3.05, 3.63) is 30.6 Å². The van der Waals surface area contributed by atoms with Gasteiger partial charge in [-0.25, -0.2) is 4.98 Å². The molecule has 0 aliphatic carbocycles. The predicted octanol–water partition coefficient (Wildman–Crippen LogP) is -4.15. The molecular weight excluding hydrogens is 414 g/mol. The van der Waals surface area contributed by atoms with Gasteiger partial charge in [-0.15, -0.1) is 0 Å². The van der Waals surface area contributed by atoms with E-state index in [0.717, 1.165) is 11.0 Å². The minimum atomic E-state index is -1.30.